The van der Waals surface area contributed by atoms with Crippen LogP contribution in [-0.2, 0) is 17.6 Å². The molecule has 0 bridgehead atoms. The van der Waals surface area contributed by atoms with Crippen LogP contribution in [0.4, 0.5) is 4.39 Å². The molecule has 6 heteroatoms. The molecule has 0 aliphatic rings. The van der Waals surface area contributed by atoms with Gasteiger partial charge in [-0.15, -0.1) is 0 Å². The van der Waals surface area contributed by atoms with Gasteiger partial charge in [0.15, 0.2) is 23.1 Å². The summed E-state index contributed by atoms with van der Waals surface area (Å²) >= 11 is 0. The molecule has 0 heterocycles. The molecule has 0 saturated heterocycles. The van der Waals surface area contributed by atoms with Gasteiger partial charge in [0.1, 0.15) is 0 Å². The molecule has 2 aromatic carbocycles. The smallest absolute Gasteiger partial charge is 0.224 e. The summed E-state index contributed by atoms with van der Waals surface area (Å²) in [6, 6.07) is 10.1. The first-order chi connectivity index (χ1) is 12.1. The van der Waals surface area contributed by atoms with Gasteiger partial charge in [-0.1, -0.05) is 12.1 Å². The van der Waals surface area contributed by atoms with Crippen molar-refractivity contribution in [3.63, 3.8) is 0 Å². The van der Waals surface area contributed by atoms with Gasteiger partial charge < -0.3 is 19.5 Å². The highest BCUT2D eigenvalue weighted by Gasteiger charge is 2.08. The van der Waals surface area contributed by atoms with Gasteiger partial charge in [0.05, 0.1) is 27.8 Å². The third kappa shape index (κ3) is 5.11. The molecular formula is C19H22FNO4. The molecule has 25 heavy (non-hydrogen) atoms. The Hall–Kier alpha value is -2.76. The van der Waals surface area contributed by atoms with E-state index in [-0.39, 0.29) is 18.1 Å². The molecule has 0 fully saturated rings. The number of benzene rings is 2. The minimum atomic E-state index is -0.474. The van der Waals surface area contributed by atoms with Crippen LogP contribution >= 0.6 is 0 Å². The highest BCUT2D eigenvalue weighted by Crippen LogP contribution is 2.27. The third-order valence-electron chi connectivity index (χ3n) is 3.76. The topological polar surface area (TPSA) is 56.8 Å². The fourth-order valence-electron chi connectivity index (χ4n) is 2.45. The lowest BCUT2D eigenvalue weighted by molar-refractivity contribution is -0.120. The molecule has 0 unspecified atom stereocenters. The second-order valence-corrected chi connectivity index (χ2v) is 5.43. The Balaban J connectivity index is 1.85. The maximum atomic E-state index is 13.6. The maximum Gasteiger partial charge on any atom is 0.224 e. The molecular weight excluding hydrogens is 325 g/mol. The lowest BCUT2D eigenvalue weighted by Gasteiger charge is -2.10. The van der Waals surface area contributed by atoms with Crippen LogP contribution < -0.4 is 19.5 Å². The second kappa shape index (κ2) is 8.92. The SMILES string of the molecule is COc1ccc(CC(=O)NCCc2ccc(OC)c(OC)c2)cc1F. The summed E-state index contributed by atoms with van der Waals surface area (Å²) in [4.78, 5) is 12.0. The zero-order valence-electron chi connectivity index (χ0n) is 14.6. The van der Waals surface area contributed by atoms with Gasteiger partial charge in [0, 0.05) is 6.54 Å². The molecule has 0 spiro atoms. The van der Waals surface area contributed by atoms with E-state index in [9.17, 15) is 9.18 Å². The van der Waals surface area contributed by atoms with Crippen molar-refractivity contribution in [3.8, 4) is 17.2 Å². The van der Waals surface area contributed by atoms with E-state index in [1.165, 1.54) is 19.2 Å². The van der Waals surface area contributed by atoms with Crippen molar-refractivity contribution >= 4 is 5.91 Å². The predicted octanol–water partition coefficient (Wildman–Crippen LogP) is 2.75. The van der Waals surface area contributed by atoms with Crippen molar-refractivity contribution < 1.29 is 23.4 Å². The number of halogens is 1. The third-order valence-corrected chi connectivity index (χ3v) is 3.76. The number of amides is 1. The van der Waals surface area contributed by atoms with Gasteiger partial charge in [-0.25, -0.2) is 4.39 Å². The summed E-state index contributed by atoms with van der Waals surface area (Å²) in [5.74, 6) is 0.845. The second-order valence-electron chi connectivity index (χ2n) is 5.43. The first-order valence-electron chi connectivity index (χ1n) is 7.87. The average Bonchev–Trinajstić information content (AvgIpc) is 2.61. The number of rotatable bonds is 8. The van der Waals surface area contributed by atoms with E-state index in [1.807, 2.05) is 18.2 Å². The molecule has 0 atom stereocenters. The number of carbonyl (C=O) groups is 1. The summed E-state index contributed by atoms with van der Waals surface area (Å²) in [7, 11) is 4.57. The maximum absolute atomic E-state index is 13.6. The Morgan fingerprint density at radius 1 is 0.920 bits per heavy atom. The lowest BCUT2D eigenvalue weighted by Crippen LogP contribution is -2.27. The molecule has 0 aliphatic carbocycles. The predicted molar refractivity (Wildman–Crippen MR) is 92.9 cm³/mol. The minimum absolute atomic E-state index is 0.118. The summed E-state index contributed by atoms with van der Waals surface area (Å²) in [6.07, 6.45) is 0.774. The van der Waals surface area contributed by atoms with Gasteiger partial charge in [-0.3, -0.25) is 4.79 Å². The molecule has 2 rings (SSSR count). The van der Waals surface area contributed by atoms with E-state index >= 15 is 0 Å². The summed E-state index contributed by atoms with van der Waals surface area (Å²) in [5, 5.41) is 2.83. The van der Waals surface area contributed by atoms with Crippen LogP contribution in [-0.4, -0.2) is 33.8 Å². The van der Waals surface area contributed by atoms with Gasteiger partial charge >= 0.3 is 0 Å². The van der Waals surface area contributed by atoms with E-state index in [0.29, 0.717) is 30.0 Å². The zero-order valence-corrected chi connectivity index (χ0v) is 14.6. The number of hydrogen-bond acceptors (Lipinski definition) is 4. The highest BCUT2D eigenvalue weighted by molar-refractivity contribution is 5.78. The van der Waals surface area contributed by atoms with Crippen molar-refractivity contribution in [2.45, 2.75) is 12.8 Å². The molecule has 0 radical (unpaired) electrons. The molecule has 0 aromatic heterocycles. The van der Waals surface area contributed by atoms with Crippen molar-refractivity contribution in [1.29, 1.82) is 0 Å². The van der Waals surface area contributed by atoms with Gasteiger partial charge in [-0.2, -0.15) is 0 Å². The van der Waals surface area contributed by atoms with Gasteiger partial charge in [-0.05, 0) is 41.8 Å². The van der Waals surface area contributed by atoms with Crippen molar-refractivity contribution in [1.82, 2.24) is 5.32 Å². The number of methoxy groups -OCH3 is 3. The quantitative estimate of drug-likeness (QED) is 0.798. The van der Waals surface area contributed by atoms with Crippen LogP contribution in [0.15, 0.2) is 36.4 Å². The number of carbonyl (C=O) groups excluding carboxylic acids is 1. The van der Waals surface area contributed by atoms with E-state index in [4.69, 9.17) is 14.2 Å². The average molecular weight is 347 g/mol. The fraction of sp³-hybridized carbons (Fsp3) is 0.316. The molecule has 0 aliphatic heterocycles. The normalized spacial score (nSPS) is 10.2. The Labute approximate surface area is 146 Å². The Bertz CT molecular complexity index is 733. The van der Waals surface area contributed by atoms with Crippen LogP contribution in [0, 0.1) is 5.82 Å². The zero-order chi connectivity index (χ0) is 18.2. The van der Waals surface area contributed by atoms with Crippen molar-refractivity contribution in [3.05, 3.63) is 53.3 Å². The van der Waals surface area contributed by atoms with E-state index in [1.54, 1.807) is 20.3 Å². The summed E-state index contributed by atoms with van der Waals surface area (Å²) in [5.41, 5.74) is 1.62. The van der Waals surface area contributed by atoms with Crippen LogP contribution in [0.2, 0.25) is 0 Å². The van der Waals surface area contributed by atoms with Crippen molar-refractivity contribution in [2.24, 2.45) is 0 Å². The number of nitrogens with one attached hydrogen (secondary N) is 1. The van der Waals surface area contributed by atoms with Gasteiger partial charge in [0.2, 0.25) is 5.91 Å². The van der Waals surface area contributed by atoms with E-state index in [0.717, 1.165) is 5.56 Å². The highest BCUT2D eigenvalue weighted by atomic mass is 19.1. The number of hydrogen-bond donors (Lipinski definition) is 1. The van der Waals surface area contributed by atoms with Crippen molar-refractivity contribution in [2.75, 3.05) is 27.9 Å². The summed E-state index contributed by atoms with van der Waals surface area (Å²) < 4.78 is 28.9. The molecule has 2 aromatic rings. The fourth-order valence-corrected chi connectivity index (χ4v) is 2.45. The Kier molecular flexibility index (Phi) is 6.62. The molecule has 1 N–H and O–H groups in total. The lowest BCUT2D eigenvalue weighted by atomic mass is 10.1. The van der Waals surface area contributed by atoms with Gasteiger partial charge in [0.25, 0.3) is 0 Å². The van der Waals surface area contributed by atoms with Crippen LogP contribution in [0.3, 0.4) is 0 Å². The Morgan fingerprint density at radius 2 is 1.56 bits per heavy atom. The van der Waals surface area contributed by atoms with E-state index in [2.05, 4.69) is 5.32 Å². The standard InChI is InChI=1S/C19H22FNO4/c1-23-16-6-5-14(10-15(16)20)12-19(22)21-9-8-13-4-7-17(24-2)18(11-13)25-3/h4-7,10-11H,8-9,12H2,1-3H3,(H,21,22). The van der Waals surface area contributed by atoms with E-state index < -0.39 is 5.82 Å². The molecule has 1 amide bonds. The first-order valence-corrected chi connectivity index (χ1v) is 7.87. The molecule has 134 valence electrons. The monoisotopic (exact) mass is 347 g/mol. The summed E-state index contributed by atoms with van der Waals surface area (Å²) in [6.45, 7) is 0.479. The van der Waals surface area contributed by atoms with Crippen LogP contribution in [0.5, 0.6) is 17.2 Å². The minimum Gasteiger partial charge on any atom is -0.494 e. The largest absolute Gasteiger partial charge is 0.494 e. The molecule has 5 nitrogen and oxygen atoms in total. The van der Waals surface area contributed by atoms with Crippen LogP contribution in [0.25, 0.3) is 0 Å². The molecule has 0 saturated carbocycles. The van der Waals surface area contributed by atoms with Crippen LogP contribution in [0.1, 0.15) is 11.1 Å². The Morgan fingerprint density at radius 3 is 2.20 bits per heavy atom. The first kappa shape index (κ1) is 18.6. The number of ether oxygens (including phenoxy) is 3.